The second-order valence-corrected chi connectivity index (χ2v) is 4.30. The molecule has 0 aliphatic carbocycles. The minimum Gasteiger partial charge on any atom is -0.491 e. The second-order valence-electron chi connectivity index (χ2n) is 4.30. The lowest BCUT2D eigenvalue weighted by Crippen LogP contribution is -2.35. The molecule has 1 atom stereocenters. The molecule has 19 heavy (non-hydrogen) atoms. The molecule has 0 spiro atoms. The minimum absolute atomic E-state index is 0.0220. The lowest BCUT2D eigenvalue weighted by atomic mass is 10.1. The van der Waals surface area contributed by atoms with Crippen molar-refractivity contribution in [3.8, 4) is 5.75 Å². The van der Waals surface area contributed by atoms with Gasteiger partial charge >= 0.3 is 0 Å². The molecule has 0 fully saturated rings. The van der Waals surface area contributed by atoms with Crippen molar-refractivity contribution < 1.29 is 21.4 Å². The van der Waals surface area contributed by atoms with Crippen LogP contribution in [0.5, 0.6) is 5.75 Å². The Morgan fingerprint density at radius 2 is 2.05 bits per heavy atom. The summed E-state index contributed by atoms with van der Waals surface area (Å²) in [6, 6.07) is 5.02. The molecule has 1 aromatic rings. The van der Waals surface area contributed by atoms with E-state index in [1.54, 1.807) is 13.8 Å². The van der Waals surface area contributed by atoms with Crippen LogP contribution in [-0.4, -0.2) is 44.0 Å². The van der Waals surface area contributed by atoms with Gasteiger partial charge in [0.2, 0.25) is 0 Å². The Hall–Kier alpha value is -1.10. The zero-order valence-electron chi connectivity index (χ0n) is 16.6. The molecule has 0 amide bonds. The van der Waals surface area contributed by atoms with Gasteiger partial charge in [0.05, 0.1) is 9.30 Å². The molecule has 0 saturated carbocycles. The SMILES string of the molecule is [2H]C(C)(C)NCC(O)COc1ccc(C([2H])([2H])C([2H])([2H])OC)cc1. The standard InChI is InChI=1S/C15H25NO3/c1-12(2)16-10-14(17)11-19-15-6-4-13(5-7-15)8-9-18-3/h4-7,12,14,16-17H,8-11H2,1-3H3/i8D2,9D2,12D. The Morgan fingerprint density at radius 1 is 1.37 bits per heavy atom. The molecule has 0 aromatic heterocycles. The highest BCUT2D eigenvalue weighted by molar-refractivity contribution is 5.27. The van der Waals surface area contributed by atoms with E-state index in [0.717, 1.165) is 7.11 Å². The van der Waals surface area contributed by atoms with Crippen molar-refractivity contribution in [2.24, 2.45) is 0 Å². The van der Waals surface area contributed by atoms with Gasteiger partial charge in [-0.25, -0.2) is 0 Å². The van der Waals surface area contributed by atoms with Gasteiger partial charge in [-0.1, -0.05) is 26.0 Å². The van der Waals surface area contributed by atoms with Gasteiger partial charge < -0.3 is 19.9 Å². The normalized spacial score (nSPS) is 18.6. The van der Waals surface area contributed by atoms with Crippen molar-refractivity contribution in [1.82, 2.24) is 5.32 Å². The maximum absolute atomic E-state index is 9.80. The van der Waals surface area contributed by atoms with E-state index in [4.69, 9.17) is 11.6 Å². The maximum Gasteiger partial charge on any atom is 0.119 e. The zero-order chi connectivity index (χ0) is 18.6. The Balaban J connectivity index is 2.62. The summed E-state index contributed by atoms with van der Waals surface area (Å²) in [7, 11) is 1.11. The summed E-state index contributed by atoms with van der Waals surface area (Å²) in [4.78, 5) is 0. The quantitative estimate of drug-likeness (QED) is 0.717. The van der Waals surface area contributed by atoms with Crippen LogP contribution >= 0.6 is 0 Å². The van der Waals surface area contributed by atoms with Crippen molar-refractivity contribution in [2.45, 2.75) is 32.3 Å². The number of methoxy groups -OCH3 is 1. The average molecular weight is 272 g/mol. The number of benzene rings is 1. The molecule has 1 aromatic carbocycles. The Labute approximate surface area is 122 Å². The van der Waals surface area contributed by atoms with E-state index in [1.807, 2.05) is 0 Å². The molecule has 108 valence electrons. The van der Waals surface area contributed by atoms with E-state index in [2.05, 4.69) is 10.1 Å². The van der Waals surface area contributed by atoms with E-state index < -0.39 is 25.1 Å². The molecule has 2 N–H and O–H groups in total. The van der Waals surface area contributed by atoms with Crippen molar-refractivity contribution in [2.75, 3.05) is 26.8 Å². The highest BCUT2D eigenvalue weighted by Crippen LogP contribution is 2.12. The fraction of sp³-hybridized carbons (Fsp3) is 0.600. The van der Waals surface area contributed by atoms with Gasteiger partial charge in [-0.3, -0.25) is 0 Å². The monoisotopic (exact) mass is 272 g/mol. The number of rotatable bonds is 9. The summed E-state index contributed by atoms with van der Waals surface area (Å²) >= 11 is 0. The number of hydrogen-bond acceptors (Lipinski definition) is 4. The van der Waals surface area contributed by atoms with Crippen LogP contribution in [0.1, 0.15) is 26.3 Å². The third-order valence-corrected chi connectivity index (χ3v) is 2.29. The van der Waals surface area contributed by atoms with Gasteiger partial charge in [-0.2, -0.15) is 0 Å². The average Bonchev–Trinajstić information content (AvgIpc) is 2.50. The summed E-state index contributed by atoms with van der Waals surface area (Å²) in [5.74, 6) is 0.428. The van der Waals surface area contributed by atoms with Crippen LogP contribution in [0.3, 0.4) is 0 Å². The number of nitrogens with one attached hydrogen (secondary N) is 1. The van der Waals surface area contributed by atoms with Crippen LogP contribution in [0.25, 0.3) is 0 Å². The highest BCUT2D eigenvalue weighted by Gasteiger charge is 2.05. The highest BCUT2D eigenvalue weighted by atomic mass is 16.5. The van der Waals surface area contributed by atoms with Gasteiger partial charge in [-0.05, 0) is 24.1 Å². The first-order valence-corrected chi connectivity index (χ1v) is 6.10. The van der Waals surface area contributed by atoms with Crippen LogP contribution in [0, 0.1) is 0 Å². The molecule has 0 bridgehead atoms. The van der Waals surface area contributed by atoms with Gasteiger partial charge in [0, 0.05) is 23.8 Å². The van der Waals surface area contributed by atoms with Crippen molar-refractivity contribution in [3.05, 3.63) is 29.8 Å². The van der Waals surface area contributed by atoms with Crippen molar-refractivity contribution in [3.63, 3.8) is 0 Å². The van der Waals surface area contributed by atoms with Crippen molar-refractivity contribution in [1.29, 1.82) is 0 Å². The van der Waals surface area contributed by atoms with Crippen LogP contribution in [0.4, 0.5) is 0 Å². The number of aliphatic hydroxyl groups is 1. The first-order valence-electron chi connectivity index (χ1n) is 8.60. The second kappa shape index (κ2) is 8.91. The van der Waals surface area contributed by atoms with Gasteiger partial charge in [0.25, 0.3) is 0 Å². The van der Waals surface area contributed by atoms with E-state index in [-0.39, 0.29) is 18.7 Å². The molecule has 4 nitrogen and oxygen atoms in total. The molecule has 0 aliphatic heterocycles. The van der Waals surface area contributed by atoms with Crippen LogP contribution < -0.4 is 10.1 Å². The molecule has 1 rings (SSSR count). The molecular formula is C15H25NO3. The van der Waals surface area contributed by atoms with E-state index in [0.29, 0.717) is 5.75 Å². The maximum atomic E-state index is 9.80. The fourth-order valence-corrected chi connectivity index (χ4v) is 1.32. The minimum atomic E-state index is -2.46. The van der Waals surface area contributed by atoms with Gasteiger partial charge in [0.1, 0.15) is 18.5 Å². The smallest absolute Gasteiger partial charge is 0.119 e. The molecular weight excluding hydrogens is 242 g/mol. The van der Waals surface area contributed by atoms with Crippen LogP contribution in [-0.2, 0) is 11.1 Å². The summed E-state index contributed by atoms with van der Waals surface area (Å²) < 4.78 is 48.6. The van der Waals surface area contributed by atoms with Gasteiger partial charge in [0.15, 0.2) is 0 Å². The van der Waals surface area contributed by atoms with E-state index in [1.165, 1.54) is 24.3 Å². The third-order valence-electron chi connectivity index (χ3n) is 2.29. The topological polar surface area (TPSA) is 50.7 Å². The van der Waals surface area contributed by atoms with Crippen LogP contribution in [0.15, 0.2) is 24.3 Å². The fourth-order valence-electron chi connectivity index (χ4n) is 1.32. The predicted octanol–water partition coefficient (Wildman–Crippen LogP) is 1.61. The first kappa shape index (κ1) is 9.75. The number of hydrogen-bond donors (Lipinski definition) is 2. The third kappa shape index (κ3) is 7.15. The molecule has 0 saturated heterocycles. The Kier molecular flexibility index (Phi) is 4.57. The van der Waals surface area contributed by atoms with Gasteiger partial charge in [-0.15, -0.1) is 0 Å². The summed E-state index contributed by atoms with van der Waals surface area (Å²) in [5.41, 5.74) is 0.125. The summed E-state index contributed by atoms with van der Waals surface area (Å²) in [6.45, 7) is 1.12. The zero-order valence-corrected chi connectivity index (χ0v) is 11.6. The van der Waals surface area contributed by atoms with E-state index >= 15 is 0 Å². The Morgan fingerprint density at radius 3 is 2.63 bits per heavy atom. The summed E-state index contributed by atoms with van der Waals surface area (Å²) in [6.07, 6.45) is -3.10. The lowest BCUT2D eigenvalue weighted by molar-refractivity contribution is 0.104. The predicted molar refractivity (Wildman–Crippen MR) is 76.7 cm³/mol. The lowest BCUT2D eigenvalue weighted by Gasteiger charge is -2.15. The first-order chi connectivity index (χ1) is 10.9. The number of aryl methyl sites for hydroxylation is 1. The molecule has 0 heterocycles. The molecule has 0 radical (unpaired) electrons. The van der Waals surface area contributed by atoms with Crippen LogP contribution in [0.2, 0.25) is 0 Å². The molecule has 4 heteroatoms. The number of ether oxygens (including phenoxy) is 2. The number of aliphatic hydroxyl groups excluding tert-OH is 1. The Bertz CT molecular complexity index is 517. The summed E-state index contributed by atoms with van der Waals surface area (Å²) in [5, 5.41) is 12.6. The molecule has 0 aliphatic rings. The van der Waals surface area contributed by atoms with Crippen molar-refractivity contribution >= 4 is 0 Å². The molecule has 1 unspecified atom stereocenters. The van der Waals surface area contributed by atoms with E-state index in [9.17, 15) is 5.11 Å². The largest absolute Gasteiger partial charge is 0.491 e.